The number of rotatable bonds is 9. The van der Waals surface area contributed by atoms with E-state index in [0.29, 0.717) is 19.1 Å². The van der Waals surface area contributed by atoms with E-state index in [-0.39, 0.29) is 5.97 Å². The lowest BCUT2D eigenvalue weighted by Gasteiger charge is -2.30. The van der Waals surface area contributed by atoms with E-state index in [2.05, 4.69) is 20.8 Å². The van der Waals surface area contributed by atoms with E-state index in [9.17, 15) is 4.79 Å². The average molecular weight is 243 g/mol. The summed E-state index contributed by atoms with van der Waals surface area (Å²) in [7, 11) is 0. The second-order valence-corrected chi connectivity index (χ2v) is 5.24. The zero-order valence-electron chi connectivity index (χ0n) is 11.9. The standard InChI is InChI=1S/C14H29NO2/c1-5-9-14(11-15,13(16)17-6-2)10-7-8-12(3)4/h12H,5-11,15H2,1-4H3. The summed E-state index contributed by atoms with van der Waals surface area (Å²) in [5.74, 6) is 0.572. The number of ether oxygens (including phenoxy) is 1. The number of hydrogen-bond donors (Lipinski definition) is 1. The molecule has 0 aromatic heterocycles. The molecule has 3 heteroatoms. The Morgan fingerprint density at radius 2 is 1.94 bits per heavy atom. The monoisotopic (exact) mass is 243 g/mol. The van der Waals surface area contributed by atoms with Crippen molar-refractivity contribution < 1.29 is 9.53 Å². The molecule has 0 aliphatic carbocycles. The molecule has 0 saturated carbocycles. The Morgan fingerprint density at radius 3 is 2.35 bits per heavy atom. The fourth-order valence-corrected chi connectivity index (χ4v) is 2.23. The van der Waals surface area contributed by atoms with Crippen LogP contribution in [0.3, 0.4) is 0 Å². The summed E-state index contributed by atoms with van der Waals surface area (Å²) in [6.07, 6.45) is 4.85. The summed E-state index contributed by atoms with van der Waals surface area (Å²) >= 11 is 0. The molecule has 0 aromatic rings. The molecule has 0 aliphatic rings. The number of nitrogens with two attached hydrogens (primary N) is 1. The SMILES string of the molecule is CCCC(CN)(CCCC(C)C)C(=O)OCC. The van der Waals surface area contributed by atoms with E-state index in [1.807, 2.05) is 6.92 Å². The fourth-order valence-electron chi connectivity index (χ4n) is 2.23. The van der Waals surface area contributed by atoms with Crippen LogP contribution in [0.1, 0.15) is 59.8 Å². The van der Waals surface area contributed by atoms with Crippen molar-refractivity contribution in [1.82, 2.24) is 0 Å². The fraction of sp³-hybridized carbons (Fsp3) is 0.929. The highest BCUT2D eigenvalue weighted by molar-refractivity contribution is 5.77. The van der Waals surface area contributed by atoms with Gasteiger partial charge in [0.2, 0.25) is 0 Å². The Labute approximate surface area is 106 Å². The summed E-state index contributed by atoms with van der Waals surface area (Å²) in [5.41, 5.74) is 5.40. The zero-order chi connectivity index (χ0) is 13.3. The molecule has 1 atom stereocenters. The first kappa shape index (κ1) is 16.4. The van der Waals surface area contributed by atoms with Gasteiger partial charge in [-0.05, 0) is 25.7 Å². The molecule has 0 fully saturated rings. The molecule has 0 radical (unpaired) electrons. The summed E-state index contributed by atoms with van der Waals surface area (Å²) in [4.78, 5) is 12.1. The number of hydrogen-bond acceptors (Lipinski definition) is 3. The Morgan fingerprint density at radius 1 is 1.29 bits per heavy atom. The zero-order valence-corrected chi connectivity index (χ0v) is 11.9. The maximum atomic E-state index is 12.1. The smallest absolute Gasteiger partial charge is 0.313 e. The van der Waals surface area contributed by atoms with Gasteiger partial charge in [-0.25, -0.2) is 0 Å². The van der Waals surface area contributed by atoms with Crippen LogP contribution in [0.2, 0.25) is 0 Å². The van der Waals surface area contributed by atoms with Gasteiger partial charge in [-0.1, -0.05) is 40.0 Å². The first-order valence-corrected chi connectivity index (χ1v) is 6.89. The molecule has 0 bridgehead atoms. The van der Waals surface area contributed by atoms with Crippen LogP contribution in [0.25, 0.3) is 0 Å². The highest BCUT2D eigenvalue weighted by atomic mass is 16.5. The van der Waals surface area contributed by atoms with Gasteiger partial charge >= 0.3 is 5.97 Å². The summed E-state index contributed by atoms with van der Waals surface area (Å²) in [6, 6.07) is 0. The molecule has 17 heavy (non-hydrogen) atoms. The van der Waals surface area contributed by atoms with Gasteiger partial charge in [-0.3, -0.25) is 4.79 Å². The molecular weight excluding hydrogens is 214 g/mol. The van der Waals surface area contributed by atoms with E-state index >= 15 is 0 Å². The third-order valence-corrected chi connectivity index (χ3v) is 3.26. The van der Waals surface area contributed by atoms with Crippen LogP contribution in [0.4, 0.5) is 0 Å². The average Bonchev–Trinajstić information content (AvgIpc) is 2.27. The van der Waals surface area contributed by atoms with Crippen molar-refractivity contribution in [2.45, 2.75) is 59.8 Å². The van der Waals surface area contributed by atoms with Crippen LogP contribution in [0.5, 0.6) is 0 Å². The van der Waals surface area contributed by atoms with Crippen LogP contribution in [-0.2, 0) is 9.53 Å². The Balaban J connectivity index is 4.51. The maximum Gasteiger partial charge on any atom is 0.313 e. The van der Waals surface area contributed by atoms with Gasteiger partial charge in [0.25, 0.3) is 0 Å². The van der Waals surface area contributed by atoms with Gasteiger partial charge in [0.1, 0.15) is 0 Å². The highest BCUT2D eigenvalue weighted by Gasteiger charge is 2.37. The molecule has 0 saturated heterocycles. The Kier molecular flexibility index (Phi) is 8.23. The van der Waals surface area contributed by atoms with Gasteiger partial charge in [-0.15, -0.1) is 0 Å². The minimum atomic E-state index is -0.445. The third-order valence-electron chi connectivity index (χ3n) is 3.26. The van der Waals surface area contributed by atoms with Gasteiger partial charge in [0.15, 0.2) is 0 Å². The molecule has 0 spiro atoms. The number of carbonyl (C=O) groups excluding carboxylic acids is 1. The van der Waals surface area contributed by atoms with Gasteiger partial charge in [0.05, 0.1) is 12.0 Å². The third kappa shape index (κ3) is 5.53. The summed E-state index contributed by atoms with van der Waals surface area (Å²) in [6.45, 7) is 9.18. The first-order valence-electron chi connectivity index (χ1n) is 6.89. The minimum absolute atomic E-state index is 0.104. The predicted octanol–water partition coefficient (Wildman–Crippen LogP) is 3.12. The van der Waals surface area contributed by atoms with Crippen LogP contribution in [0, 0.1) is 11.3 Å². The van der Waals surface area contributed by atoms with Crippen molar-refractivity contribution in [3.05, 3.63) is 0 Å². The normalized spacial score (nSPS) is 14.7. The molecule has 0 rings (SSSR count). The van der Waals surface area contributed by atoms with E-state index in [1.54, 1.807) is 0 Å². The van der Waals surface area contributed by atoms with Crippen LogP contribution in [0.15, 0.2) is 0 Å². The second-order valence-electron chi connectivity index (χ2n) is 5.24. The van der Waals surface area contributed by atoms with E-state index in [1.165, 1.54) is 0 Å². The molecule has 102 valence electrons. The lowest BCUT2D eigenvalue weighted by molar-refractivity contribution is -0.156. The molecule has 0 amide bonds. The summed E-state index contributed by atoms with van der Waals surface area (Å²) in [5, 5.41) is 0. The van der Waals surface area contributed by atoms with Gasteiger partial charge < -0.3 is 10.5 Å². The molecule has 0 aromatic carbocycles. The predicted molar refractivity (Wildman–Crippen MR) is 71.7 cm³/mol. The lowest BCUT2D eigenvalue weighted by Crippen LogP contribution is -2.40. The van der Waals surface area contributed by atoms with Crippen molar-refractivity contribution in [2.24, 2.45) is 17.1 Å². The van der Waals surface area contributed by atoms with Crippen molar-refractivity contribution in [3.8, 4) is 0 Å². The molecule has 0 heterocycles. The van der Waals surface area contributed by atoms with Gasteiger partial charge in [0, 0.05) is 6.54 Å². The quantitative estimate of drug-likeness (QED) is 0.633. The lowest BCUT2D eigenvalue weighted by atomic mass is 9.78. The first-order chi connectivity index (χ1) is 8.02. The summed E-state index contributed by atoms with van der Waals surface area (Å²) < 4.78 is 5.19. The highest BCUT2D eigenvalue weighted by Crippen LogP contribution is 2.31. The largest absolute Gasteiger partial charge is 0.466 e. The Bertz CT molecular complexity index is 216. The second kappa shape index (κ2) is 8.51. The van der Waals surface area contributed by atoms with Gasteiger partial charge in [-0.2, -0.15) is 0 Å². The van der Waals surface area contributed by atoms with Crippen molar-refractivity contribution in [1.29, 1.82) is 0 Å². The number of carbonyl (C=O) groups is 1. The molecule has 1 unspecified atom stereocenters. The molecular formula is C14H29NO2. The van der Waals surface area contributed by atoms with Crippen LogP contribution >= 0.6 is 0 Å². The number of esters is 1. The molecule has 0 aliphatic heterocycles. The molecule has 3 nitrogen and oxygen atoms in total. The van der Waals surface area contributed by atoms with Crippen molar-refractivity contribution >= 4 is 5.97 Å². The van der Waals surface area contributed by atoms with E-state index in [4.69, 9.17) is 10.5 Å². The molecule has 2 N–H and O–H groups in total. The van der Waals surface area contributed by atoms with E-state index in [0.717, 1.165) is 32.1 Å². The van der Waals surface area contributed by atoms with Crippen LogP contribution in [-0.4, -0.2) is 19.1 Å². The van der Waals surface area contributed by atoms with Crippen molar-refractivity contribution in [2.75, 3.05) is 13.2 Å². The van der Waals surface area contributed by atoms with Crippen molar-refractivity contribution in [3.63, 3.8) is 0 Å². The minimum Gasteiger partial charge on any atom is -0.466 e. The topological polar surface area (TPSA) is 52.3 Å². The van der Waals surface area contributed by atoms with Crippen LogP contribution < -0.4 is 5.73 Å². The maximum absolute atomic E-state index is 12.1. The Hall–Kier alpha value is -0.570. The van der Waals surface area contributed by atoms with E-state index < -0.39 is 5.41 Å².